The Labute approximate surface area is 113 Å². The molecule has 0 N–H and O–H groups in total. The number of halogens is 1. The molecule has 0 saturated carbocycles. The van der Waals surface area contributed by atoms with Crippen LogP contribution in [-0.4, -0.2) is 29.3 Å². The van der Waals surface area contributed by atoms with Gasteiger partial charge >= 0.3 is 0 Å². The van der Waals surface area contributed by atoms with Crippen molar-refractivity contribution in [3.63, 3.8) is 0 Å². The Morgan fingerprint density at radius 2 is 2.18 bits per heavy atom. The minimum atomic E-state index is -0.493. The Balaban J connectivity index is 3.07. The molecule has 0 aliphatic rings. The lowest BCUT2D eigenvalue weighted by atomic mass is 10.2. The molecule has 5 nitrogen and oxygen atoms in total. The summed E-state index contributed by atoms with van der Waals surface area (Å²) in [6, 6.07) is 4.32. The van der Waals surface area contributed by atoms with Gasteiger partial charge in [0, 0.05) is 29.3 Å². The predicted molar refractivity (Wildman–Crippen MR) is 73.1 cm³/mol. The lowest BCUT2D eigenvalue weighted by Gasteiger charge is -2.16. The highest BCUT2D eigenvalue weighted by molar-refractivity contribution is 14.1. The molecule has 0 radical (unpaired) electrons. The van der Waals surface area contributed by atoms with Gasteiger partial charge in [0.05, 0.1) is 10.5 Å². The van der Waals surface area contributed by atoms with Crippen molar-refractivity contribution in [3.05, 3.63) is 37.4 Å². The van der Waals surface area contributed by atoms with Gasteiger partial charge in [0.15, 0.2) is 0 Å². The van der Waals surface area contributed by atoms with Crippen LogP contribution in [0.1, 0.15) is 23.7 Å². The quantitative estimate of drug-likeness (QED) is 0.477. The minimum absolute atomic E-state index is 0.0568. The molecule has 0 fully saturated rings. The number of non-ortho nitro benzene ring substituents is 1. The topological polar surface area (TPSA) is 63.5 Å². The molecule has 0 atom stereocenters. The van der Waals surface area contributed by atoms with Gasteiger partial charge in [0.1, 0.15) is 0 Å². The molecule has 6 heteroatoms. The third-order valence-electron chi connectivity index (χ3n) is 2.30. The number of hydrogen-bond acceptors (Lipinski definition) is 3. The molecule has 0 saturated heterocycles. The second-order valence-electron chi connectivity index (χ2n) is 3.65. The first-order valence-corrected chi connectivity index (χ1v) is 6.24. The fourth-order valence-electron chi connectivity index (χ4n) is 1.43. The zero-order valence-electron chi connectivity index (χ0n) is 9.64. The summed E-state index contributed by atoms with van der Waals surface area (Å²) in [5, 5.41) is 10.7. The number of rotatable bonds is 4. The Hall–Kier alpha value is -1.18. The highest BCUT2D eigenvalue weighted by Gasteiger charge is 2.18. The summed E-state index contributed by atoms with van der Waals surface area (Å²) < 4.78 is 0.723. The summed E-state index contributed by atoms with van der Waals surface area (Å²) in [4.78, 5) is 23.8. The van der Waals surface area contributed by atoms with Gasteiger partial charge in [0.25, 0.3) is 11.6 Å². The summed E-state index contributed by atoms with van der Waals surface area (Å²) in [6.07, 6.45) is 0.855. The van der Waals surface area contributed by atoms with Crippen molar-refractivity contribution >= 4 is 34.2 Å². The van der Waals surface area contributed by atoms with Crippen LogP contribution in [0.4, 0.5) is 5.69 Å². The van der Waals surface area contributed by atoms with E-state index in [9.17, 15) is 14.9 Å². The van der Waals surface area contributed by atoms with Gasteiger partial charge in [0.2, 0.25) is 0 Å². The van der Waals surface area contributed by atoms with E-state index in [1.54, 1.807) is 18.0 Å². The van der Waals surface area contributed by atoms with Gasteiger partial charge in [-0.25, -0.2) is 0 Å². The first kappa shape index (κ1) is 13.9. The molecule has 1 rings (SSSR count). The predicted octanol–water partition coefficient (Wildman–Crippen LogP) is 2.68. The first-order valence-electron chi connectivity index (χ1n) is 5.16. The van der Waals surface area contributed by atoms with Gasteiger partial charge in [-0.05, 0) is 35.1 Å². The summed E-state index contributed by atoms with van der Waals surface area (Å²) in [7, 11) is 1.70. The maximum absolute atomic E-state index is 12.0. The standard InChI is InChI=1S/C11H13IN2O3/c1-3-6-13(2)11(15)9-7-8(14(16)17)4-5-10(9)12/h4-5,7H,3,6H2,1-2H3. The maximum Gasteiger partial charge on any atom is 0.270 e. The molecule has 17 heavy (non-hydrogen) atoms. The molecule has 1 aromatic rings. The van der Waals surface area contributed by atoms with E-state index in [1.807, 2.05) is 29.5 Å². The molecule has 0 aliphatic carbocycles. The second-order valence-corrected chi connectivity index (χ2v) is 4.81. The number of amides is 1. The van der Waals surface area contributed by atoms with Crippen LogP contribution in [-0.2, 0) is 0 Å². The zero-order chi connectivity index (χ0) is 13.0. The van der Waals surface area contributed by atoms with Crippen LogP contribution in [0.15, 0.2) is 18.2 Å². The number of carbonyl (C=O) groups excluding carboxylic acids is 1. The normalized spacial score (nSPS) is 10.1. The lowest BCUT2D eigenvalue weighted by molar-refractivity contribution is -0.384. The Morgan fingerprint density at radius 3 is 2.71 bits per heavy atom. The summed E-state index contributed by atoms with van der Waals surface area (Å²) in [6.45, 7) is 2.61. The number of nitro groups is 1. The zero-order valence-corrected chi connectivity index (χ0v) is 11.8. The Bertz CT molecular complexity index is 448. The molecule has 0 aliphatic heterocycles. The van der Waals surface area contributed by atoms with E-state index in [-0.39, 0.29) is 11.6 Å². The van der Waals surface area contributed by atoms with Crippen LogP contribution in [0.3, 0.4) is 0 Å². The van der Waals surface area contributed by atoms with Gasteiger partial charge in [-0.3, -0.25) is 14.9 Å². The average molecular weight is 348 g/mol. The van der Waals surface area contributed by atoms with Crippen molar-refractivity contribution < 1.29 is 9.72 Å². The molecule has 0 heterocycles. The van der Waals surface area contributed by atoms with Gasteiger partial charge in [-0.15, -0.1) is 0 Å². The largest absolute Gasteiger partial charge is 0.342 e. The van der Waals surface area contributed by atoms with Crippen LogP contribution in [0.2, 0.25) is 0 Å². The van der Waals surface area contributed by atoms with Crippen molar-refractivity contribution in [2.24, 2.45) is 0 Å². The number of nitro benzene ring substituents is 1. The van der Waals surface area contributed by atoms with E-state index in [1.165, 1.54) is 12.1 Å². The smallest absolute Gasteiger partial charge is 0.270 e. The van der Waals surface area contributed by atoms with Crippen molar-refractivity contribution in [2.45, 2.75) is 13.3 Å². The highest BCUT2D eigenvalue weighted by atomic mass is 127. The average Bonchev–Trinajstić information content (AvgIpc) is 2.28. The summed E-state index contributed by atoms with van der Waals surface area (Å²) in [5.41, 5.74) is 0.328. The van der Waals surface area contributed by atoms with Gasteiger partial charge < -0.3 is 4.90 Å². The van der Waals surface area contributed by atoms with Crippen molar-refractivity contribution in [1.82, 2.24) is 4.90 Å². The van der Waals surface area contributed by atoms with Crippen LogP contribution in [0.25, 0.3) is 0 Å². The summed E-state index contributed by atoms with van der Waals surface area (Å²) >= 11 is 2.01. The monoisotopic (exact) mass is 348 g/mol. The van der Waals surface area contributed by atoms with E-state index in [2.05, 4.69) is 0 Å². The maximum atomic E-state index is 12.0. The fourth-order valence-corrected chi connectivity index (χ4v) is 2.00. The van der Waals surface area contributed by atoms with Crippen molar-refractivity contribution in [3.8, 4) is 0 Å². The minimum Gasteiger partial charge on any atom is -0.342 e. The Kier molecular flexibility index (Phi) is 4.86. The van der Waals surface area contributed by atoms with E-state index in [0.29, 0.717) is 12.1 Å². The van der Waals surface area contributed by atoms with Gasteiger partial charge in [-0.1, -0.05) is 6.92 Å². The molecule has 0 bridgehead atoms. The molecule has 1 amide bonds. The number of carbonyl (C=O) groups is 1. The van der Waals surface area contributed by atoms with Crippen LogP contribution in [0.5, 0.6) is 0 Å². The van der Waals surface area contributed by atoms with E-state index in [0.717, 1.165) is 9.99 Å². The van der Waals surface area contributed by atoms with E-state index >= 15 is 0 Å². The molecule has 92 valence electrons. The van der Waals surface area contributed by atoms with Crippen LogP contribution >= 0.6 is 22.6 Å². The molecular formula is C11H13IN2O3. The van der Waals surface area contributed by atoms with Crippen molar-refractivity contribution in [1.29, 1.82) is 0 Å². The number of benzene rings is 1. The van der Waals surface area contributed by atoms with E-state index in [4.69, 9.17) is 0 Å². The van der Waals surface area contributed by atoms with Crippen molar-refractivity contribution in [2.75, 3.05) is 13.6 Å². The molecule has 0 unspecified atom stereocenters. The van der Waals surface area contributed by atoms with Crippen LogP contribution in [0, 0.1) is 13.7 Å². The van der Waals surface area contributed by atoms with Gasteiger partial charge in [-0.2, -0.15) is 0 Å². The first-order chi connectivity index (χ1) is 7.97. The third-order valence-corrected chi connectivity index (χ3v) is 3.24. The fraction of sp³-hybridized carbons (Fsp3) is 0.364. The second kappa shape index (κ2) is 5.95. The lowest BCUT2D eigenvalue weighted by Crippen LogP contribution is -2.28. The molecule has 1 aromatic carbocycles. The molecular weight excluding hydrogens is 335 g/mol. The number of nitrogens with zero attached hydrogens (tertiary/aromatic N) is 2. The Morgan fingerprint density at radius 1 is 1.53 bits per heavy atom. The summed E-state index contributed by atoms with van der Waals surface area (Å²) in [5.74, 6) is -0.181. The van der Waals surface area contributed by atoms with Crippen LogP contribution < -0.4 is 0 Å². The molecule has 0 aromatic heterocycles. The van der Waals surface area contributed by atoms with E-state index < -0.39 is 4.92 Å². The highest BCUT2D eigenvalue weighted by Crippen LogP contribution is 2.20. The number of hydrogen-bond donors (Lipinski definition) is 0. The third kappa shape index (κ3) is 3.39. The SMILES string of the molecule is CCCN(C)C(=O)c1cc([N+](=O)[O-])ccc1I. The molecule has 0 spiro atoms.